The van der Waals surface area contributed by atoms with Crippen molar-refractivity contribution >= 4 is 20.3 Å². The van der Waals surface area contributed by atoms with Crippen molar-refractivity contribution in [3.63, 3.8) is 0 Å². The molecule has 4 saturated carbocycles. The molecule has 2 aliphatic heterocycles. The van der Waals surface area contributed by atoms with Gasteiger partial charge in [0.1, 0.15) is 28.5 Å². The van der Waals surface area contributed by atoms with Gasteiger partial charge in [0.15, 0.2) is 8.32 Å². The number of hydrogen-bond donors (Lipinski definition) is 3. The molecule has 4 aliphatic carbocycles. The van der Waals surface area contributed by atoms with E-state index in [1.165, 1.54) is 14.2 Å². The molecule has 7 rings (SSSR count). The van der Waals surface area contributed by atoms with Gasteiger partial charge in [-0.05, 0) is 49.4 Å². The summed E-state index contributed by atoms with van der Waals surface area (Å²) in [6.07, 6.45) is 0.0660. The minimum absolute atomic E-state index is 0.0763. The molecule has 6 aliphatic rings. The van der Waals surface area contributed by atoms with E-state index in [9.17, 15) is 24.9 Å². The minimum Gasteiger partial charge on any atom is -0.472 e. The molecule has 12 nitrogen and oxygen atoms in total. The molecule has 1 aromatic rings. The number of methoxy groups -OCH3 is 2. The predicted octanol–water partition coefficient (Wildman–Crippen LogP) is 4.36. The second-order valence-electron chi connectivity index (χ2n) is 16.6. The maximum Gasteiger partial charge on any atom is 0.305 e. The first kappa shape index (κ1) is 35.6. The van der Waals surface area contributed by atoms with Crippen molar-refractivity contribution in [3.05, 3.63) is 24.2 Å². The molecule has 1 aromatic heterocycles. The van der Waals surface area contributed by atoms with Crippen LogP contribution in [0.3, 0.4) is 0 Å². The summed E-state index contributed by atoms with van der Waals surface area (Å²) in [6, 6.07) is 4.49. The van der Waals surface area contributed by atoms with Crippen molar-refractivity contribution in [2.45, 2.75) is 145 Å². The molecular weight excluding hydrogens is 652 g/mol. The monoisotopic (exact) mass is 706 g/mol. The lowest BCUT2D eigenvalue weighted by Crippen LogP contribution is -2.93. The van der Waals surface area contributed by atoms with Gasteiger partial charge >= 0.3 is 11.9 Å². The summed E-state index contributed by atoms with van der Waals surface area (Å²) < 4.78 is 44.5. The van der Waals surface area contributed by atoms with E-state index in [-0.39, 0.29) is 19.3 Å². The van der Waals surface area contributed by atoms with Crippen molar-refractivity contribution in [1.29, 1.82) is 0 Å². The number of fused-ring (bicyclic) bond motifs is 2. The zero-order valence-corrected chi connectivity index (χ0v) is 31.3. The summed E-state index contributed by atoms with van der Waals surface area (Å²) in [4.78, 5) is 26.8. The Bertz CT molecular complexity index is 1510. The van der Waals surface area contributed by atoms with Crippen LogP contribution in [-0.2, 0) is 37.7 Å². The number of ether oxygens (including phenoxy) is 5. The fourth-order valence-electron chi connectivity index (χ4n) is 12.9. The molecular formula is C36H54O12Si. The Morgan fingerprint density at radius 3 is 2.04 bits per heavy atom. The van der Waals surface area contributed by atoms with Gasteiger partial charge < -0.3 is 47.8 Å². The van der Waals surface area contributed by atoms with Crippen molar-refractivity contribution in [1.82, 2.24) is 0 Å². The second-order valence-corrected chi connectivity index (χ2v) is 21.3. The molecule has 2 spiro atoms. The van der Waals surface area contributed by atoms with Gasteiger partial charge in [-0.15, -0.1) is 0 Å². The van der Waals surface area contributed by atoms with E-state index < -0.39 is 95.0 Å². The lowest BCUT2D eigenvalue weighted by atomic mass is 9.33. The van der Waals surface area contributed by atoms with E-state index in [0.29, 0.717) is 12.8 Å². The quantitative estimate of drug-likeness (QED) is 0.220. The molecule has 6 fully saturated rings. The summed E-state index contributed by atoms with van der Waals surface area (Å²) in [5, 5.41) is 38.4. The fourth-order valence-corrected chi connectivity index (χ4v) is 15.8. The maximum absolute atomic E-state index is 13.7. The molecule has 0 aromatic carbocycles. The van der Waals surface area contributed by atoms with Crippen LogP contribution in [0.15, 0.2) is 23.0 Å². The SMILES string of the molecule is CC[Si](CC)(CC)O[C@@H](c1ccoc1)[C@]1(C)CC[C@@]23OC4(C)O[C@]56C[C@@](C)(C(O)[C@]5(O)[C@@H](O)[C@]2(O4)C1CC(=O)OC)[C@H](CC(=O)OC)[C@@]36C. The van der Waals surface area contributed by atoms with E-state index in [1.807, 2.05) is 19.9 Å². The number of rotatable bonds is 11. The van der Waals surface area contributed by atoms with E-state index in [0.717, 1.165) is 23.7 Å². The van der Waals surface area contributed by atoms with Crippen LogP contribution in [-0.4, -0.2) is 90.4 Å². The van der Waals surface area contributed by atoms with Gasteiger partial charge in [-0.2, -0.15) is 0 Å². The zero-order chi connectivity index (χ0) is 35.8. The summed E-state index contributed by atoms with van der Waals surface area (Å²) in [5.41, 5.74) is -9.38. The molecule has 3 unspecified atom stereocenters. The van der Waals surface area contributed by atoms with Crippen LogP contribution in [0.1, 0.15) is 92.2 Å². The third-order valence-corrected chi connectivity index (χ3v) is 19.9. The molecule has 0 amide bonds. The number of hydrogen-bond acceptors (Lipinski definition) is 12. The molecule has 4 bridgehead atoms. The average Bonchev–Trinajstić information content (AvgIpc) is 3.78. The van der Waals surface area contributed by atoms with Crippen LogP contribution < -0.4 is 0 Å². The topological polar surface area (TPSA) is 163 Å². The van der Waals surface area contributed by atoms with E-state index in [2.05, 4.69) is 27.7 Å². The highest BCUT2D eigenvalue weighted by Crippen LogP contribution is 2.89. The van der Waals surface area contributed by atoms with Crippen LogP contribution in [0, 0.1) is 28.1 Å². The molecule has 274 valence electrons. The molecule has 49 heavy (non-hydrogen) atoms. The first-order valence-corrected chi connectivity index (χ1v) is 20.5. The first-order chi connectivity index (χ1) is 22.9. The Hall–Kier alpha value is -1.84. The summed E-state index contributed by atoms with van der Waals surface area (Å²) >= 11 is 0. The average molecular weight is 707 g/mol. The third-order valence-electron chi connectivity index (χ3n) is 15.3. The minimum atomic E-state index is -2.33. The number of carbonyl (C=O) groups excluding carboxylic acids is 2. The van der Waals surface area contributed by atoms with E-state index >= 15 is 0 Å². The fraction of sp³-hybridized carbons (Fsp3) is 0.833. The number of carbonyl (C=O) groups is 2. The molecule has 0 radical (unpaired) electrons. The smallest absolute Gasteiger partial charge is 0.305 e. The predicted molar refractivity (Wildman–Crippen MR) is 175 cm³/mol. The zero-order valence-electron chi connectivity index (χ0n) is 30.3. The summed E-state index contributed by atoms with van der Waals surface area (Å²) in [6.45, 7) is 13.9. The second kappa shape index (κ2) is 10.6. The number of furan rings is 1. The Labute approximate surface area is 289 Å². The largest absolute Gasteiger partial charge is 0.472 e. The van der Waals surface area contributed by atoms with Gasteiger partial charge in [0.25, 0.3) is 5.97 Å². The van der Waals surface area contributed by atoms with E-state index in [1.54, 1.807) is 19.5 Å². The Morgan fingerprint density at radius 2 is 1.49 bits per heavy atom. The molecule has 2 saturated heterocycles. The van der Waals surface area contributed by atoms with Crippen molar-refractivity contribution in [2.24, 2.45) is 28.1 Å². The van der Waals surface area contributed by atoms with Crippen molar-refractivity contribution in [3.8, 4) is 0 Å². The Kier molecular flexibility index (Phi) is 7.70. The Balaban J connectivity index is 1.51. The first-order valence-electron chi connectivity index (χ1n) is 17.9. The summed E-state index contributed by atoms with van der Waals surface area (Å²) in [7, 11) is 0.310. The lowest BCUT2D eigenvalue weighted by molar-refractivity contribution is -0.478. The van der Waals surface area contributed by atoms with Gasteiger partial charge in [0.05, 0.1) is 45.4 Å². The van der Waals surface area contributed by atoms with Gasteiger partial charge in [-0.3, -0.25) is 9.59 Å². The van der Waals surface area contributed by atoms with Crippen LogP contribution in [0.5, 0.6) is 0 Å². The number of aliphatic hydroxyl groups excluding tert-OH is 2. The molecule has 3 heterocycles. The third kappa shape index (κ3) is 3.69. The van der Waals surface area contributed by atoms with Gasteiger partial charge in [-0.1, -0.05) is 41.5 Å². The lowest BCUT2D eigenvalue weighted by Gasteiger charge is -2.76. The maximum atomic E-state index is 13.7. The summed E-state index contributed by atoms with van der Waals surface area (Å²) in [5.74, 6) is -4.26. The van der Waals surface area contributed by atoms with Crippen LogP contribution in [0.25, 0.3) is 0 Å². The van der Waals surface area contributed by atoms with Gasteiger partial charge in [0.2, 0.25) is 0 Å². The van der Waals surface area contributed by atoms with Crippen LogP contribution >= 0.6 is 0 Å². The number of aliphatic hydroxyl groups is 3. The molecule has 13 heteroatoms. The standard InChI is InChI=1S/C36H54O12Si/c1-10-49(11-2,12-3)45-26(21-13-16-44-19-21)29(4)14-15-33-31(6)22(17-24(37)42-8)30(5)20-34(31)35(41,27(30)39)28(40)36(33,23(29)18-25(38)43-9)48-32(7,46-33)47-34/h13,16,19,22-23,26-28,39-41H,10-12,14-15,17-18,20H2,1-9H3/t22-,23?,26-,27?,28+,29+,30+,31-,32?,33-,34-,35-,36+/m0/s1. The van der Waals surface area contributed by atoms with Crippen LogP contribution in [0.2, 0.25) is 18.1 Å². The van der Waals surface area contributed by atoms with Crippen LogP contribution in [0.4, 0.5) is 0 Å². The molecule has 13 atom stereocenters. The highest BCUT2D eigenvalue weighted by Gasteiger charge is 3.02. The molecule has 3 N–H and O–H groups in total. The van der Waals surface area contributed by atoms with Gasteiger partial charge in [-0.25, -0.2) is 0 Å². The van der Waals surface area contributed by atoms with Crippen molar-refractivity contribution in [2.75, 3.05) is 14.2 Å². The normalized spacial score (nSPS) is 49.6. The van der Waals surface area contributed by atoms with Crippen molar-refractivity contribution < 1.29 is 57.4 Å². The number of esters is 2. The van der Waals surface area contributed by atoms with E-state index in [4.69, 9.17) is 32.5 Å². The highest BCUT2D eigenvalue weighted by molar-refractivity contribution is 6.73. The van der Waals surface area contributed by atoms with Gasteiger partial charge in [0, 0.05) is 41.1 Å². The highest BCUT2D eigenvalue weighted by atomic mass is 28.4. The Morgan fingerprint density at radius 1 is 0.898 bits per heavy atom.